The molecule has 0 spiro atoms. The molecule has 136 valence electrons. The number of rotatable bonds is 5. The van der Waals surface area contributed by atoms with Gasteiger partial charge < -0.3 is 15.5 Å². The number of nitrogens with one attached hydrogen (secondary N) is 2. The zero-order valence-electron chi connectivity index (χ0n) is 15.2. The second kappa shape index (κ2) is 7.99. The van der Waals surface area contributed by atoms with Gasteiger partial charge in [-0.2, -0.15) is 0 Å². The normalized spacial score (nSPS) is 16.4. The molecule has 0 radical (unpaired) electrons. The van der Waals surface area contributed by atoms with Gasteiger partial charge in [0.2, 0.25) is 5.91 Å². The van der Waals surface area contributed by atoms with Crippen LogP contribution in [-0.2, 0) is 4.79 Å². The summed E-state index contributed by atoms with van der Waals surface area (Å²) >= 11 is 0. The predicted octanol–water partition coefficient (Wildman–Crippen LogP) is 3.07. The lowest BCUT2D eigenvalue weighted by molar-refractivity contribution is -0.129. The molecule has 1 fully saturated rings. The van der Waals surface area contributed by atoms with Gasteiger partial charge in [-0.15, -0.1) is 0 Å². The number of likely N-dealkylation sites (tertiary alicyclic amines) is 1. The van der Waals surface area contributed by atoms with Crippen molar-refractivity contribution in [3.63, 3.8) is 0 Å². The summed E-state index contributed by atoms with van der Waals surface area (Å²) in [5.41, 5.74) is 2.41. The Balaban J connectivity index is 1.56. The Morgan fingerprint density at radius 1 is 1.19 bits per heavy atom. The number of hydrogen-bond donors (Lipinski definition) is 2. The highest BCUT2D eigenvalue weighted by Gasteiger charge is 2.25. The maximum Gasteiger partial charge on any atom is 0.257 e. The van der Waals surface area contributed by atoms with Crippen LogP contribution in [-0.4, -0.2) is 40.8 Å². The number of amides is 2. The van der Waals surface area contributed by atoms with Gasteiger partial charge in [-0.05, 0) is 37.6 Å². The molecule has 1 aromatic carbocycles. The highest BCUT2D eigenvalue weighted by Crippen LogP contribution is 2.16. The van der Waals surface area contributed by atoms with E-state index in [2.05, 4.69) is 15.6 Å². The van der Waals surface area contributed by atoms with Crippen molar-refractivity contribution in [2.45, 2.75) is 32.7 Å². The van der Waals surface area contributed by atoms with Gasteiger partial charge in [-0.3, -0.25) is 9.59 Å². The van der Waals surface area contributed by atoms with Crippen LogP contribution < -0.4 is 10.6 Å². The Morgan fingerprint density at radius 2 is 1.96 bits per heavy atom. The lowest BCUT2D eigenvalue weighted by Crippen LogP contribution is -2.31. The lowest BCUT2D eigenvalue weighted by atomic mass is 10.2. The van der Waals surface area contributed by atoms with E-state index in [1.54, 1.807) is 18.3 Å². The molecule has 6 heteroatoms. The third-order valence-electron chi connectivity index (χ3n) is 4.53. The number of aryl methyl sites for hydroxylation is 1. The van der Waals surface area contributed by atoms with E-state index in [4.69, 9.17) is 0 Å². The van der Waals surface area contributed by atoms with Gasteiger partial charge in [-0.25, -0.2) is 4.98 Å². The number of pyridine rings is 1. The summed E-state index contributed by atoms with van der Waals surface area (Å²) in [5.74, 6) is 0.714. The quantitative estimate of drug-likeness (QED) is 0.867. The van der Waals surface area contributed by atoms with E-state index in [0.717, 1.165) is 24.2 Å². The van der Waals surface area contributed by atoms with Gasteiger partial charge in [0.25, 0.3) is 5.91 Å². The zero-order valence-corrected chi connectivity index (χ0v) is 15.2. The standard InChI is InChI=1S/C20H24N4O2/c1-3-19(25)24-11-10-17(13-24)22-18-9-6-15(12-21-18)20(26)23-16-7-4-14(2)5-8-16/h4-9,12,17H,3,10-11,13H2,1-2H3,(H,21,22)(H,23,26). The van der Waals surface area contributed by atoms with Gasteiger partial charge >= 0.3 is 0 Å². The number of benzene rings is 1. The van der Waals surface area contributed by atoms with E-state index < -0.39 is 0 Å². The average Bonchev–Trinajstić information content (AvgIpc) is 3.12. The maximum atomic E-state index is 12.3. The second-order valence-corrected chi connectivity index (χ2v) is 6.58. The van der Waals surface area contributed by atoms with Crippen molar-refractivity contribution < 1.29 is 9.59 Å². The molecule has 0 saturated carbocycles. The highest BCUT2D eigenvalue weighted by molar-refractivity contribution is 6.04. The summed E-state index contributed by atoms with van der Waals surface area (Å²) in [6.45, 7) is 5.36. The van der Waals surface area contributed by atoms with Crippen LogP contribution in [0.4, 0.5) is 11.5 Å². The molecule has 6 nitrogen and oxygen atoms in total. The van der Waals surface area contributed by atoms with Crippen LogP contribution in [0.1, 0.15) is 35.7 Å². The molecule has 2 amide bonds. The van der Waals surface area contributed by atoms with E-state index in [-0.39, 0.29) is 17.9 Å². The van der Waals surface area contributed by atoms with Crippen molar-refractivity contribution in [2.75, 3.05) is 23.7 Å². The molecule has 0 aliphatic carbocycles. The molecule has 0 bridgehead atoms. The number of aromatic nitrogens is 1. The molecule has 1 saturated heterocycles. The molecule has 3 rings (SSSR count). The van der Waals surface area contributed by atoms with Gasteiger partial charge in [0, 0.05) is 37.4 Å². The molecular formula is C20H24N4O2. The van der Waals surface area contributed by atoms with E-state index in [0.29, 0.717) is 24.3 Å². The van der Waals surface area contributed by atoms with Crippen LogP contribution in [0.25, 0.3) is 0 Å². The first-order chi connectivity index (χ1) is 12.5. The number of hydrogen-bond acceptors (Lipinski definition) is 4. The molecule has 2 heterocycles. The summed E-state index contributed by atoms with van der Waals surface area (Å²) in [6, 6.07) is 11.4. The number of nitrogens with zero attached hydrogens (tertiary/aromatic N) is 2. The summed E-state index contributed by atoms with van der Waals surface area (Å²) in [7, 11) is 0. The fourth-order valence-electron chi connectivity index (χ4n) is 2.99. The molecular weight excluding hydrogens is 328 g/mol. The first kappa shape index (κ1) is 17.9. The van der Waals surface area contributed by atoms with Crippen molar-refractivity contribution in [2.24, 2.45) is 0 Å². The second-order valence-electron chi connectivity index (χ2n) is 6.58. The molecule has 1 atom stereocenters. The van der Waals surface area contributed by atoms with E-state index >= 15 is 0 Å². The van der Waals surface area contributed by atoms with Crippen molar-refractivity contribution in [1.29, 1.82) is 0 Å². The molecule has 1 unspecified atom stereocenters. The number of carbonyl (C=O) groups is 2. The summed E-state index contributed by atoms with van der Waals surface area (Å²) in [6.07, 6.45) is 3.01. The predicted molar refractivity (Wildman–Crippen MR) is 102 cm³/mol. The first-order valence-electron chi connectivity index (χ1n) is 8.93. The fraction of sp³-hybridized carbons (Fsp3) is 0.350. The highest BCUT2D eigenvalue weighted by atomic mass is 16.2. The minimum Gasteiger partial charge on any atom is -0.365 e. The Morgan fingerprint density at radius 3 is 2.62 bits per heavy atom. The molecule has 1 aliphatic heterocycles. The third kappa shape index (κ3) is 4.39. The van der Waals surface area contributed by atoms with E-state index in [1.165, 1.54) is 0 Å². The third-order valence-corrected chi connectivity index (χ3v) is 4.53. The fourth-order valence-corrected chi connectivity index (χ4v) is 2.99. The monoisotopic (exact) mass is 352 g/mol. The van der Waals surface area contributed by atoms with Gasteiger partial charge in [0.1, 0.15) is 5.82 Å². The summed E-state index contributed by atoms with van der Waals surface area (Å²) < 4.78 is 0. The van der Waals surface area contributed by atoms with E-state index in [9.17, 15) is 9.59 Å². The van der Waals surface area contributed by atoms with E-state index in [1.807, 2.05) is 43.0 Å². The van der Waals surface area contributed by atoms with Crippen LogP contribution in [0.15, 0.2) is 42.6 Å². The average molecular weight is 352 g/mol. The summed E-state index contributed by atoms with van der Waals surface area (Å²) in [5, 5.41) is 6.19. The Kier molecular flexibility index (Phi) is 5.51. The lowest BCUT2D eigenvalue weighted by Gasteiger charge is -2.16. The molecule has 1 aliphatic rings. The van der Waals surface area contributed by atoms with Crippen LogP contribution in [0.3, 0.4) is 0 Å². The Labute approximate surface area is 153 Å². The van der Waals surface area contributed by atoms with Crippen LogP contribution in [0.2, 0.25) is 0 Å². The molecule has 2 aromatic rings. The van der Waals surface area contributed by atoms with Crippen LogP contribution in [0, 0.1) is 6.92 Å². The topological polar surface area (TPSA) is 74.3 Å². The van der Waals surface area contributed by atoms with Gasteiger partial charge in [0.05, 0.1) is 5.56 Å². The first-order valence-corrected chi connectivity index (χ1v) is 8.93. The van der Waals surface area contributed by atoms with Crippen LogP contribution in [0.5, 0.6) is 0 Å². The maximum absolute atomic E-state index is 12.3. The van der Waals surface area contributed by atoms with Gasteiger partial charge in [0.15, 0.2) is 0 Å². The minimum atomic E-state index is -0.187. The Bertz CT molecular complexity index is 771. The van der Waals surface area contributed by atoms with Crippen molar-refractivity contribution in [1.82, 2.24) is 9.88 Å². The van der Waals surface area contributed by atoms with Crippen molar-refractivity contribution in [3.05, 3.63) is 53.7 Å². The van der Waals surface area contributed by atoms with Crippen LogP contribution >= 0.6 is 0 Å². The minimum absolute atomic E-state index is 0.186. The van der Waals surface area contributed by atoms with Gasteiger partial charge in [-0.1, -0.05) is 24.6 Å². The largest absolute Gasteiger partial charge is 0.365 e. The molecule has 26 heavy (non-hydrogen) atoms. The number of anilines is 2. The smallest absolute Gasteiger partial charge is 0.257 e. The molecule has 2 N–H and O–H groups in total. The number of carbonyl (C=O) groups excluding carboxylic acids is 2. The Hall–Kier alpha value is -2.89. The zero-order chi connectivity index (χ0) is 18.5. The van der Waals surface area contributed by atoms with Crippen molar-refractivity contribution in [3.8, 4) is 0 Å². The summed E-state index contributed by atoms with van der Waals surface area (Å²) in [4.78, 5) is 30.2. The SMILES string of the molecule is CCC(=O)N1CCC(Nc2ccc(C(=O)Nc3ccc(C)cc3)cn2)C1. The molecule has 1 aromatic heterocycles. The van der Waals surface area contributed by atoms with Crippen molar-refractivity contribution >= 4 is 23.3 Å².